The number of aliphatic hydroxyl groups excluding tert-OH is 1. The number of benzene rings is 2. The number of hydrogen-bond donors (Lipinski definition) is 1. The summed E-state index contributed by atoms with van der Waals surface area (Å²) in [5.74, 6) is -0.765. The topological polar surface area (TPSA) is 29.5 Å². The summed E-state index contributed by atoms with van der Waals surface area (Å²) in [6.07, 6.45) is -1.42. The summed E-state index contributed by atoms with van der Waals surface area (Å²) in [5, 5.41) is 10.3. The lowest BCUT2D eigenvalue weighted by molar-refractivity contribution is 0.0637. The maximum Gasteiger partial charge on any atom is 0.131 e. The number of fused-ring (bicyclic) bond motifs is 1. The van der Waals surface area contributed by atoms with Gasteiger partial charge in [-0.1, -0.05) is 17.7 Å². The number of ether oxygens (including phenoxy) is 1. The third kappa shape index (κ3) is 2.25. The highest BCUT2D eigenvalue weighted by Gasteiger charge is 2.31. The average molecular weight is 297 g/mol. The van der Waals surface area contributed by atoms with Crippen LogP contribution in [0.1, 0.15) is 29.8 Å². The third-order valence-corrected chi connectivity index (χ3v) is 3.69. The molecular weight excluding hydrogens is 286 g/mol. The molecule has 0 radical (unpaired) electrons. The van der Waals surface area contributed by atoms with Crippen LogP contribution in [0.3, 0.4) is 0 Å². The summed E-state index contributed by atoms with van der Waals surface area (Å²) in [5.41, 5.74) is 0.679. The van der Waals surface area contributed by atoms with Gasteiger partial charge in [-0.05, 0) is 24.3 Å². The molecule has 0 aromatic heterocycles. The quantitative estimate of drug-likeness (QED) is 0.855. The predicted molar refractivity (Wildman–Crippen MR) is 70.8 cm³/mol. The van der Waals surface area contributed by atoms with Crippen molar-refractivity contribution in [2.24, 2.45) is 0 Å². The molecule has 104 valence electrons. The molecule has 20 heavy (non-hydrogen) atoms. The van der Waals surface area contributed by atoms with Gasteiger partial charge in [0.1, 0.15) is 23.5 Å². The van der Waals surface area contributed by atoms with E-state index in [-0.39, 0.29) is 22.8 Å². The van der Waals surface area contributed by atoms with E-state index in [1.807, 2.05) is 0 Å². The third-order valence-electron chi connectivity index (χ3n) is 3.36. The van der Waals surface area contributed by atoms with E-state index in [1.54, 1.807) is 6.07 Å². The summed E-state index contributed by atoms with van der Waals surface area (Å²) in [7, 11) is 0. The van der Waals surface area contributed by atoms with Crippen LogP contribution >= 0.6 is 11.6 Å². The van der Waals surface area contributed by atoms with Crippen molar-refractivity contribution in [1.29, 1.82) is 0 Å². The largest absolute Gasteiger partial charge is 0.485 e. The zero-order chi connectivity index (χ0) is 14.3. The molecule has 1 N–H and O–H groups in total. The molecule has 0 fully saturated rings. The molecule has 0 saturated carbocycles. The summed E-state index contributed by atoms with van der Waals surface area (Å²) < 4.78 is 32.8. The molecule has 3 rings (SSSR count). The first-order chi connectivity index (χ1) is 9.56. The Hall–Kier alpha value is -1.65. The van der Waals surface area contributed by atoms with Crippen LogP contribution in [0.4, 0.5) is 8.78 Å². The summed E-state index contributed by atoms with van der Waals surface area (Å²) in [6.45, 7) is 0. The molecule has 0 aliphatic carbocycles. The first-order valence-corrected chi connectivity index (χ1v) is 6.52. The van der Waals surface area contributed by atoms with Gasteiger partial charge in [0.25, 0.3) is 0 Å². The highest BCUT2D eigenvalue weighted by Crippen LogP contribution is 2.43. The van der Waals surface area contributed by atoms with Crippen molar-refractivity contribution in [3.63, 3.8) is 0 Å². The fourth-order valence-corrected chi connectivity index (χ4v) is 2.70. The molecule has 2 nitrogen and oxygen atoms in total. The smallest absolute Gasteiger partial charge is 0.131 e. The van der Waals surface area contributed by atoms with Crippen molar-refractivity contribution in [3.8, 4) is 5.75 Å². The molecule has 0 bridgehead atoms. The molecule has 5 heteroatoms. The molecule has 1 heterocycles. The van der Waals surface area contributed by atoms with Gasteiger partial charge in [0.2, 0.25) is 0 Å². The second kappa shape index (κ2) is 5.04. The molecule has 2 atom stereocenters. The van der Waals surface area contributed by atoms with Crippen molar-refractivity contribution in [3.05, 3.63) is 64.2 Å². The van der Waals surface area contributed by atoms with Crippen molar-refractivity contribution in [1.82, 2.24) is 0 Å². The molecule has 1 aliphatic rings. The van der Waals surface area contributed by atoms with E-state index in [2.05, 4.69) is 0 Å². The Balaban J connectivity index is 2.03. The van der Waals surface area contributed by atoms with E-state index in [9.17, 15) is 13.9 Å². The van der Waals surface area contributed by atoms with Gasteiger partial charge in [-0.3, -0.25) is 0 Å². The van der Waals surface area contributed by atoms with Gasteiger partial charge in [-0.2, -0.15) is 0 Å². The number of halogens is 3. The lowest BCUT2D eigenvalue weighted by atomic mass is 9.94. The number of hydrogen-bond acceptors (Lipinski definition) is 2. The van der Waals surface area contributed by atoms with Gasteiger partial charge in [0.15, 0.2) is 0 Å². The minimum atomic E-state index is -0.847. The first kappa shape index (κ1) is 13.3. The standard InChI is InChI=1S/C15H11ClF2O2/c16-10-2-1-3-11(18)15(10)14-7-12(19)9-5-4-8(17)6-13(9)20-14/h1-6,12,14,19H,7H2/t12-,14?/m0/s1. The van der Waals surface area contributed by atoms with Crippen molar-refractivity contribution in [2.45, 2.75) is 18.6 Å². The lowest BCUT2D eigenvalue weighted by Crippen LogP contribution is -2.20. The van der Waals surface area contributed by atoms with Crippen LogP contribution in [0.25, 0.3) is 0 Å². The molecule has 0 saturated heterocycles. The fourth-order valence-electron chi connectivity index (χ4n) is 2.41. The molecule has 1 unspecified atom stereocenters. The van der Waals surface area contributed by atoms with E-state index >= 15 is 0 Å². The van der Waals surface area contributed by atoms with Gasteiger partial charge < -0.3 is 9.84 Å². The van der Waals surface area contributed by atoms with E-state index < -0.39 is 23.8 Å². The Morgan fingerprint density at radius 3 is 2.75 bits per heavy atom. The van der Waals surface area contributed by atoms with Gasteiger partial charge in [0, 0.05) is 23.6 Å². The van der Waals surface area contributed by atoms with Crippen LogP contribution < -0.4 is 4.74 Å². The van der Waals surface area contributed by atoms with Crippen LogP contribution in [-0.4, -0.2) is 5.11 Å². The molecular formula is C15H11ClF2O2. The van der Waals surface area contributed by atoms with Crippen molar-refractivity contribution < 1.29 is 18.6 Å². The summed E-state index contributed by atoms with van der Waals surface area (Å²) >= 11 is 5.99. The van der Waals surface area contributed by atoms with E-state index in [4.69, 9.17) is 16.3 Å². The molecule has 0 spiro atoms. The average Bonchev–Trinajstić information content (AvgIpc) is 2.38. The van der Waals surface area contributed by atoms with Crippen molar-refractivity contribution in [2.75, 3.05) is 0 Å². The maximum absolute atomic E-state index is 13.9. The maximum atomic E-state index is 13.9. The van der Waals surface area contributed by atoms with Crippen LogP contribution in [0, 0.1) is 11.6 Å². The molecule has 2 aromatic carbocycles. The van der Waals surface area contributed by atoms with Gasteiger partial charge >= 0.3 is 0 Å². The van der Waals surface area contributed by atoms with E-state index in [0.717, 1.165) is 0 Å². The number of aliphatic hydroxyl groups is 1. The normalized spacial score (nSPS) is 21.2. The van der Waals surface area contributed by atoms with Crippen LogP contribution in [-0.2, 0) is 0 Å². The SMILES string of the molecule is O[C@H]1CC(c2c(F)cccc2Cl)Oc2cc(F)ccc21. The summed E-state index contributed by atoms with van der Waals surface area (Å²) in [6, 6.07) is 8.22. The molecule has 1 aliphatic heterocycles. The van der Waals surface area contributed by atoms with Crippen LogP contribution in [0.15, 0.2) is 36.4 Å². The predicted octanol–water partition coefficient (Wildman–Crippen LogP) is 4.18. The second-order valence-electron chi connectivity index (χ2n) is 4.68. The Morgan fingerprint density at radius 1 is 1.20 bits per heavy atom. The Labute approximate surface area is 119 Å². The van der Waals surface area contributed by atoms with E-state index in [1.165, 1.54) is 30.3 Å². The zero-order valence-corrected chi connectivity index (χ0v) is 11.1. The van der Waals surface area contributed by atoms with Crippen LogP contribution in [0.2, 0.25) is 5.02 Å². The van der Waals surface area contributed by atoms with Crippen LogP contribution in [0.5, 0.6) is 5.75 Å². The monoisotopic (exact) mass is 296 g/mol. The Morgan fingerprint density at radius 2 is 2.00 bits per heavy atom. The number of rotatable bonds is 1. The first-order valence-electron chi connectivity index (χ1n) is 6.14. The minimum Gasteiger partial charge on any atom is -0.485 e. The van der Waals surface area contributed by atoms with E-state index in [0.29, 0.717) is 5.56 Å². The summed E-state index contributed by atoms with van der Waals surface area (Å²) in [4.78, 5) is 0. The van der Waals surface area contributed by atoms with Gasteiger partial charge in [0.05, 0.1) is 11.1 Å². The molecule has 2 aromatic rings. The Kier molecular flexibility index (Phi) is 3.36. The minimum absolute atomic E-state index is 0.166. The van der Waals surface area contributed by atoms with Gasteiger partial charge in [-0.25, -0.2) is 8.78 Å². The Bertz CT molecular complexity index is 640. The zero-order valence-electron chi connectivity index (χ0n) is 10.3. The lowest BCUT2D eigenvalue weighted by Gasteiger charge is -2.30. The van der Waals surface area contributed by atoms with Crippen molar-refractivity contribution >= 4 is 11.6 Å². The fraction of sp³-hybridized carbons (Fsp3) is 0.200. The highest BCUT2D eigenvalue weighted by atomic mass is 35.5. The molecule has 0 amide bonds. The second-order valence-corrected chi connectivity index (χ2v) is 5.08. The highest BCUT2D eigenvalue weighted by molar-refractivity contribution is 6.31. The van der Waals surface area contributed by atoms with Gasteiger partial charge in [-0.15, -0.1) is 0 Å².